The number of carbonyl (C=O) groups is 3. The monoisotopic (exact) mass is 545 g/mol. The maximum atomic E-state index is 13.2. The fourth-order valence-electron chi connectivity index (χ4n) is 4.87. The average Bonchev–Trinajstić information content (AvgIpc) is 3.26. The van der Waals surface area contributed by atoms with Crippen LogP contribution in [0.3, 0.4) is 0 Å². The van der Waals surface area contributed by atoms with Gasteiger partial charge in [-0.1, -0.05) is 78.9 Å². The largest absolute Gasteiger partial charge is 0.480 e. The molecule has 210 valence electrons. The summed E-state index contributed by atoms with van der Waals surface area (Å²) in [5.41, 5.74) is 5.26. The Balaban J connectivity index is 1.38. The molecule has 1 aliphatic rings. The van der Waals surface area contributed by atoms with Crippen molar-refractivity contribution in [2.24, 2.45) is 0 Å². The summed E-state index contributed by atoms with van der Waals surface area (Å²) in [6.07, 6.45) is -1.58. The summed E-state index contributed by atoms with van der Waals surface area (Å²) < 4.78 is 11.3. The van der Waals surface area contributed by atoms with Gasteiger partial charge in [0.2, 0.25) is 5.91 Å². The zero-order chi connectivity index (χ0) is 28.6. The predicted octanol–water partition coefficient (Wildman–Crippen LogP) is 3.63. The van der Waals surface area contributed by atoms with Gasteiger partial charge in [0, 0.05) is 12.5 Å². The fourth-order valence-corrected chi connectivity index (χ4v) is 4.87. The number of alkyl carbamates (subject to hydrolysis) is 1. The summed E-state index contributed by atoms with van der Waals surface area (Å²) >= 11 is 0. The fraction of sp³-hybridized carbons (Fsp3) is 0.323. The molecule has 3 aromatic carbocycles. The highest BCUT2D eigenvalue weighted by Gasteiger charge is 2.33. The average molecular weight is 546 g/mol. The van der Waals surface area contributed by atoms with Crippen LogP contribution in [0.4, 0.5) is 4.79 Å². The highest BCUT2D eigenvalue weighted by atomic mass is 16.5. The Hall–Kier alpha value is -4.21. The van der Waals surface area contributed by atoms with Crippen molar-refractivity contribution >= 4 is 18.0 Å². The maximum Gasteiger partial charge on any atom is 0.407 e. The highest BCUT2D eigenvalue weighted by Crippen LogP contribution is 2.44. The van der Waals surface area contributed by atoms with Crippen LogP contribution in [0.5, 0.6) is 0 Å². The third-order valence-electron chi connectivity index (χ3n) is 6.89. The van der Waals surface area contributed by atoms with Crippen molar-refractivity contribution in [2.45, 2.75) is 37.6 Å². The first kappa shape index (κ1) is 28.8. The molecule has 0 saturated carbocycles. The number of carboxylic acid groups (broad SMARTS) is 1. The van der Waals surface area contributed by atoms with Crippen molar-refractivity contribution < 1.29 is 29.0 Å². The van der Waals surface area contributed by atoms with Crippen LogP contribution < -0.4 is 10.6 Å². The van der Waals surface area contributed by atoms with Crippen molar-refractivity contribution in [3.05, 3.63) is 95.6 Å². The molecule has 0 bridgehead atoms. The summed E-state index contributed by atoms with van der Waals surface area (Å²) in [6.45, 7) is 2.02. The second-order valence-electron chi connectivity index (χ2n) is 10.1. The van der Waals surface area contributed by atoms with Gasteiger partial charge in [-0.05, 0) is 48.8 Å². The Morgan fingerprint density at radius 1 is 0.875 bits per heavy atom. The molecule has 0 fully saturated rings. The Labute approximate surface area is 234 Å². The Morgan fingerprint density at radius 2 is 1.45 bits per heavy atom. The zero-order valence-electron chi connectivity index (χ0n) is 22.9. The molecule has 0 spiro atoms. The topological polar surface area (TPSA) is 117 Å². The van der Waals surface area contributed by atoms with Crippen molar-refractivity contribution in [3.8, 4) is 11.1 Å². The molecule has 3 aromatic rings. The normalized spacial score (nSPS) is 14.5. The van der Waals surface area contributed by atoms with E-state index in [-0.39, 0.29) is 25.7 Å². The van der Waals surface area contributed by atoms with E-state index in [4.69, 9.17) is 9.47 Å². The first-order valence-corrected chi connectivity index (χ1v) is 13.2. The predicted molar refractivity (Wildman–Crippen MR) is 151 cm³/mol. The Bertz CT molecular complexity index is 1280. The van der Waals surface area contributed by atoms with Gasteiger partial charge >= 0.3 is 12.1 Å². The molecule has 40 heavy (non-hydrogen) atoms. The first-order chi connectivity index (χ1) is 19.2. The minimum Gasteiger partial charge on any atom is -0.480 e. The lowest BCUT2D eigenvalue weighted by atomic mass is 9.98. The number of carboxylic acids is 1. The van der Waals surface area contributed by atoms with E-state index in [0.717, 1.165) is 27.8 Å². The van der Waals surface area contributed by atoms with Gasteiger partial charge in [-0.2, -0.15) is 0 Å². The number of nitrogens with zero attached hydrogens (tertiary/aromatic N) is 1. The van der Waals surface area contributed by atoms with Crippen LogP contribution in [0.1, 0.15) is 29.5 Å². The van der Waals surface area contributed by atoms with Crippen molar-refractivity contribution in [2.75, 3.05) is 27.2 Å². The Kier molecular flexibility index (Phi) is 9.52. The molecule has 0 aromatic heterocycles. The third kappa shape index (κ3) is 7.05. The van der Waals surface area contributed by atoms with Crippen LogP contribution in [-0.4, -0.2) is 73.4 Å². The lowest BCUT2D eigenvalue weighted by Crippen LogP contribution is -2.57. The van der Waals surface area contributed by atoms with Crippen LogP contribution in [-0.2, 0) is 25.7 Å². The number of nitrogens with one attached hydrogen (secondary N) is 2. The molecule has 4 rings (SSSR count). The molecule has 3 atom stereocenters. The smallest absolute Gasteiger partial charge is 0.407 e. The van der Waals surface area contributed by atoms with Crippen LogP contribution in [0, 0.1) is 0 Å². The minimum atomic E-state index is -1.31. The van der Waals surface area contributed by atoms with E-state index in [0.29, 0.717) is 0 Å². The van der Waals surface area contributed by atoms with Gasteiger partial charge in [-0.25, -0.2) is 9.59 Å². The lowest BCUT2D eigenvalue weighted by molar-refractivity contribution is -0.146. The van der Waals surface area contributed by atoms with Crippen molar-refractivity contribution in [1.82, 2.24) is 15.5 Å². The number of rotatable bonds is 12. The van der Waals surface area contributed by atoms with Gasteiger partial charge in [0.25, 0.3) is 0 Å². The summed E-state index contributed by atoms with van der Waals surface area (Å²) in [7, 11) is 3.50. The van der Waals surface area contributed by atoms with Crippen LogP contribution in [0.25, 0.3) is 11.1 Å². The number of aliphatic carboxylic acids is 1. The lowest BCUT2D eigenvalue weighted by Gasteiger charge is -2.26. The molecule has 3 N–H and O–H groups in total. The molecule has 9 nitrogen and oxygen atoms in total. The van der Waals surface area contributed by atoms with Gasteiger partial charge in [0.15, 0.2) is 6.04 Å². The van der Waals surface area contributed by atoms with Gasteiger partial charge in [0.05, 0.1) is 12.7 Å². The Morgan fingerprint density at radius 3 is 2.02 bits per heavy atom. The molecule has 0 unspecified atom stereocenters. The summed E-state index contributed by atoms with van der Waals surface area (Å²) in [5.74, 6) is -2.01. The SMILES string of the molecule is C[C@@H](OCc1ccccc1)[C@H](NC(=O)[C@H](CN(C)C)NC(=O)OCC1c2ccccc2-c2ccccc21)C(=O)O. The summed E-state index contributed by atoms with van der Waals surface area (Å²) in [6, 6.07) is 23.0. The van der Waals surface area contributed by atoms with E-state index < -0.39 is 36.2 Å². The first-order valence-electron chi connectivity index (χ1n) is 13.2. The van der Waals surface area contributed by atoms with Crippen LogP contribution in [0.2, 0.25) is 0 Å². The molecule has 0 saturated heterocycles. The third-order valence-corrected chi connectivity index (χ3v) is 6.89. The van der Waals surface area contributed by atoms with Gasteiger partial charge in [-0.3, -0.25) is 4.79 Å². The number of likely N-dealkylation sites (N-methyl/N-ethyl adjacent to an activating group) is 1. The van der Waals surface area contributed by atoms with E-state index in [1.165, 1.54) is 0 Å². The highest BCUT2D eigenvalue weighted by molar-refractivity contribution is 5.89. The molecular weight excluding hydrogens is 510 g/mol. The summed E-state index contributed by atoms with van der Waals surface area (Å²) in [5, 5.41) is 14.9. The zero-order valence-corrected chi connectivity index (χ0v) is 22.9. The molecule has 9 heteroatoms. The minimum absolute atomic E-state index is 0.0955. The van der Waals surface area contributed by atoms with Crippen molar-refractivity contribution in [3.63, 3.8) is 0 Å². The quantitative estimate of drug-likeness (QED) is 0.318. The van der Waals surface area contributed by atoms with E-state index in [2.05, 4.69) is 22.8 Å². The van der Waals surface area contributed by atoms with E-state index in [1.807, 2.05) is 66.7 Å². The standard InChI is InChI=1S/C31H35N3O6/c1-20(39-18-21-11-5-4-6-12-21)28(30(36)37)33-29(35)27(17-34(2)3)32-31(38)40-19-26-24-15-9-7-13-22(24)23-14-8-10-16-25(23)26/h4-16,20,26-28H,17-19H2,1-3H3,(H,32,38)(H,33,35)(H,36,37)/t20-,27+,28+/m1/s1. The number of hydrogen-bond donors (Lipinski definition) is 3. The maximum absolute atomic E-state index is 13.2. The molecular formula is C31H35N3O6. The molecule has 1 aliphatic carbocycles. The number of fused-ring (bicyclic) bond motifs is 3. The van der Waals surface area contributed by atoms with Gasteiger partial charge < -0.3 is 30.1 Å². The van der Waals surface area contributed by atoms with E-state index in [9.17, 15) is 19.5 Å². The van der Waals surface area contributed by atoms with E-state index >= 15 is 0 Å². The molecule has 2 amide bonds. The second kappa shape index (κ2) is 13.2. The van der Waals surface area contributed by atoms with Gasteiger partial charge in [-0.15, -0.1) is 0 Å². The molecule has 0 heterocycles. The number of ether oxygens (including phenoxy) is 2. The molecule has 0 aliphatic heterocycles. The van der Waals surface area contributed by atoms with Crippen LogP contribution >= 0.6 is 0 Å². The molecule has 0 radical (unpaired) electrons. The number of benzene rings is 3. The second-order valence-corrected chi connectivity index (χ2v) is 10.1. The van der Waals surface area contributed by atoms with Crippen LogP contribution in [0.15, 0.2) is 78.9 Å². The number of hydrogen-bond acceptors (Lipinski definition) is 6. The van der Waals surface area contributed by atoms with Crippen molar-refractivity contribution in [1.29, 1.82) is 0 Å². The summed E-state index contributed by atoms with van der Waals surface area (Å²) in [4.78, 5) is 39.7. The number of amides is 2. The van der Waals surface area contributed by atoms with E-state index in [1.54, 1.807) is 25.9 Å². The van der Waals surface area contributed by atoms with Gasteiger partial charge in [0.1, 0.15) is 12.6 Å². The number of carbonyl (C=O) groups excluding carboxylic acids is 2.